The average molecular weight is 370 g/mol. The van der Waals surface area contributed by atoms with E-state index in [0.29, 0.717) is 27.5 Å². The van der Waals surface area contributed by atoms with Crippen LogP contribution < -0.4 is 10.6 Å². The largest absolute Gasteiger partial charge is 0.316 e. The number of hydrogen-bond donors (Lipinski definition) is 2. The second-order valence-corrected chi connectivity index (χ2v) is 7.70. The predicted octanol–water partition coefficient (Wildman–Crippen LogP) is 3.83. The normalized spacial score (nSPS) is 16.0. The Morgan fingerprint density at radius 2 is 2.26 bits per heavy atom. The van der Waals surface area contributed by atoms with Crippen molar-refractivity contribution in [1.29, 1.82) is 0 Å². The number of aromatic nitrogens is 1. The van der Waals surface area contributed by atoms with Crippen molar-refractivity contribution in [3.05, 3.63) is 44.9 Å². The zero-order chi connectivity index (χ0) is 16.4. The van der Waals surface area contributed by atoms with Crippen LogP contribution in [0.25, 0.3) is 0 Å². The van der Waals surface area contributed by atoms with E-state index in [2.05, 4.69) is 15.6 Å². The van der Waals surface area contributed by atoms with Crippen LogP contribution in [0.3, 0.4) is 0 Å². The summed E-state index contributed by atoms with van der Waals surface area (Å²) in [7, 11) is 0. The van der Waals surface area contributed by atoms with E-state index >= 15 is 0 Å². The summed E-state index contributed by atoms with van der Waals surface area (Å²) in [5.41, 5.74) is 0.953. The minimum Gasteiger partial charge on any atom is -0.316 e. The first-order chi connectivity index (χ1) is 11.0. The lowest BCUT2D eigenvalue weighted by Crippen LogP contribution is -2.48. The third-order valence-corrected chi connectivity index (χ3v) is 5.61. The third kappa shape index (κ3) is 4.04. The topological polar surface area (TPSA) is 54.0 Å². The monoisotopic (exact) mass is 369 g/mol. The van der Waals surface area contributed by atoms with Gasteiger partial charge >= 0.3 is 0 Å². The number of carbonyl (C=O) groups is 1. The van der Waals surface area contributed by atoms with E-state index in [0.717, 1.165) is 23.5 Å². The van der Waals surface area contributed by atoms with Crippen LogP contribution in [0.15, 0.2) is 24.4 Å². The van der Waals surface area contributed by atoms with Gasteiger partial charge in [0.2, 0.25) is 5.91 Å². The Morgan fingerprint density at radius 3 is 2.96 bits per heavy atom. The maximum Gasteiger partial charge on any atom is 0.229 e. The molecule has 4 nitrogen and oxygen atoms in total. The standard InChI is InChI=1S/C16H17Cl2N3OS/c1-9(11-6-19-7-11)15(22)21-16-20-8-13(23-16)5-10-4-12(17)2-3-14(10)18/h2-4,8-9,11,19H,5-7H2,1H3,(H,20,21,22). The van der Waals surface area contributed by atoms with Gasteiger partial charge in [-0.05, 0) is 42.8 Å². The number of rotatable bonds is 5. The summed E-state index contributed by atoms with van der Waals surface area (Å²) >= 11 is 13.7. The van der Waals surface area contributed by atoms with E-state index in [-0.39, 0.29) is 11.8 Å². The Balaban J connectivity index is 1.63. The molecule has 0 saturated carbocycles. The molecule has 1 aromatic carbocycles. The van der Waals surface area contributed by atoms with E-state index < -0.39 is 0 Å². The highest BCUT2D eigenvalue weighted by Crippen LogP contribution is 2.27. The van der Waals surface area contributed by atoms with Gasteiger partial charge in [-0.25, -0.2) is 4.98 Å². The van der Waals surface area contributed by atoms with Gasteiger partial charge in [0.15, 0.2) is 5.13 Å². The SMILES string of the molecule is CC(C(=O)Nc1ncc(Cc2cc(Cl)ccc2Cl)s1)C1CNC1. The number of hydrogen-bond acceptors (Lipinski definition) is 4. The van der Waals surface area contributed by atoms with Crippen LogP contribution in [-0.4, -0.2) is 24.0 Å². The molecule has 122 valence electrons. The molecular formula is C16H17Cl2N3OS. The molecule has 1 saturated heterocycles. The van der Waals surface area contributed by atoms with Gasteiger partial charge < -0.3 is 10.6 Å². The lowest BCUT2D eigenvalue weighted by atomic mass is 9.88. The molecular weight excluding hydrogens is 353 g/mol. The fourth-order valence-electron chi connectivity index (χ4n) is 2.41. The number of anilines is 1. The number of halogens is 2. The van der Waals surface area contributed by atoms with Crippen molar-refractivity contribution in [3.63, 3.8) is 0 Å². The first-order valence-corrected chi connectivity index (χ1v) is 9.00. The summed E-state index contributed by atoms with van der Waals surface area (Å²) in [6.45, 7) is 3.77. The van der Waals surface area contributed by atoms with Gasteiger partial charge in [-0.2, -0.15) is 0 Å². The zero-order valence-corrected chi connectivity index (χ0v) is 14.9. The van der Waals surface area contributed by atoms with Crippen LogP contribution in [0.5, 0.6) is 0 Å². The number of nitrogens with zero attached hydrogens (tertiary/aromatic N) is 1. The molecule has 0 radical (unpaired) electrons. The summed E-state index contributed by atoms with van der Waals surface area (Å²) < 4.78 is 0. The van der Waals surface area contributed by atoms with Crippen LogP contribution in [0.1, 0.15) is 17.4 Å². The Labute approximate surface area is 149 Å². The van der Waals surface area contributed by atoms with Crippen LogP contribution in [0, 0.1) is 11.8 Å². The number of carbonyl (C=O) groups excluding carboxylic acids is 1. The lowest BCUT2D eigenvalue weighted by Gasteiger charge is -2.31. The molecule has 0 aliphatic carbocycles. The minimum atomic E-state index is -0.00836. The molecule has 1 unspecified atom stereocenters. The van der Waals surface area contributed by atoms with Gasteiger partial charge in [0.25, 0.3) is 0 Å². The number of thiazole rings is 1. The molecule has 2 N–H and O–H groups in total. The van der Waals surface area contributed by atoms with Crippen LogP contribution in [-0.2, 0) is 11.2 Å². The maximum atomic E-state index is 12.2. The summed E-state index contributed by atoms with van der Waals surface area (Å²) in [5.74, 6) is 0.434. The summed E-state index contributed by atoms with van der Waals surface area (Å²) in [6.07, 6.45) is 2.42. The fourth-order valence-corrected chi connectivity index (χ4v) is 3.63. The van der Waals surface area contributed by atoms with E-state index in [9.17, 15) is 4.79 Å². The van der Waals surface area contributed by atoms with Crippen molar-refractivity contribution in [2.75, 3.05) is 18.4 Å². The summed E-state index contributed by atoms with van der Waals surface area (Å²) in [6, 6.07) is 5.41. The molecule has 0 bridgehead atoms. The molecule has 3 rings (SSSR count). The molecule has 1 aliphatic heterocycles. The molecule has 1 aromatic heterocycles. The van der Waals surface area contributed by atoms with E-state index in [1.807, 2.05) is 13.0 Å². The molecule has 2 heterocycles. The Hall–Kier alpha value is -1.14. The highest BCUT2D eigenvalue weighted by atomic mass is 35.5. The first kappa shape index (κ1) is 16.7. The lowest BCUT2D eigenvalue weighted by molar-refractivity contribution is -0.121. The second-order valence-electron chi connectivity index (χ2n) is 5.74. The predicted molar refractivity (Wildman–Crippen MR) is 95.5 cm³/mol. The van der Waals surface area contributed by atoms with Crippen molar-refractivity contribution in [1.82, 2.24) is 10.3 Å². The van der Waals surface area contributed by atoms with Crippen molar-refractivity contribution in [2.24, 2.45) is 11.8 Å². The first-order valence-electron chi connectivity index (χ1n) is 7.43. The van der Waals surface area contributed by atoms with E-state index in [1.165, 1.54) is 11.3 Å². The number of nitrogens with one attached hydrogen (secondary N) is 2. The van der Waals surface area contributed by atoms with Crippen molar-refractivity contribution < 1.29 is 4.79 Å². The zero-order valence-electron chi connectivity index (χ0n) is 12.6. The van der Waals surface area contributed by atoms with E-state index in [4.69, 9.17) is 23.2 Å². The number of benzene rings is 1. The second kappa shape index (κ2) is 7.18. The average Bonchev–Trinajstić information content (AvgIpc) is 2.88. The van der Waals surface area contributed by atoms with Gasteiger partial charge in [0, 0.05) is 33.5 Å². The molecule has 1 amide bonds. The smallest absolute Gasteiger partial charge is 0.229 e. The third-order valence-electron chi connectivity index (χ3n) is 4.09. The highest BCUT2D eigenvalue weighted by molar-refractivity contribution is 7.15. The van der Waals surface area contributed by atoms with Gasteiger partial charge in [0.05, 0.1) is 0 Å². The molecule has 23 heavy (non-hydrogen) atoms. The molecule has 0 spiro atoms. The van der Waals surface area contributed by atoms with Gasteiger partial charge in [-0.1, -0.05) is 30.1 Å². The molecule has 1 atom stereocenters. The maximum absolute atomic E-state index is 12.2. The van der Waals surface area contributed by atoms with Crippen molar-refractivity contribution in [2.45, 2.75) is 13.3 Å². The molecule has 1 fully saturated rings. The van der Waals surface area contributed by atoms with Gasteiger partial charge in [-0.15, -0.1) is 11.3 Å². The van der Waals surface area contributed by atoms with Crippen LogP contribution in [0.4, 0.5) is 5.13 Å². The van der Waals surface area contributed by atoms with E-state index in [1.54, 1.807) is 18.3 Å². The molecule has 2 aromatic rings. The van der Waals surface area contributed by atoms with Gasteiger partial charge in [-0.3, -0.25) is 4.79 Å². The summed E-state index contributed by atoms with van der Waals surface area (Å²) in [4.78, 5) is 17.5. The minimum absolute atomic E-state index is 0.00836. The van der Waals surface area contributed by atoms with Gasteiger partial charge in [0.1, 0.15) is 0 Å². The Bertz CT molecular complexity index is 715. The Kier molecular flexibility index (Phi) is 5.21. The van der Waals surface area contributed by atoms with Crippen molar-refractivity contribution in [3.8, 4) is 0 Å². The van der Waals surface area contributed by atoms with Crippen LogP contribution in [0.2, 0.25) is 10.0 Å². The van der Waals surface area contributed by atoms with Crippen LogP contribution >= 0.6 is 34.5 Å². The molecule has 1 aliphatic rings. The fraction of sp³-hybridized carbons (Fsp3) is 0.375. The summed E-state index contributed by atoms with van der Waals surface area (Å²) in [5, 5.41) is 8.06. The Morgan fingerprint density at radius 1 is 1.48 bits per heavy atom. The van der Waals surface area contributed by atoms with Crippen molar-refractivity contribution >= 4 is 45.6 Å². The quantitative estimate of drug-likeness (QED) is 0.841. The number of amides is 1. The highest BCUT2D eigenvalue weighted by Gasteiger charge is 2.29. The molecule has 7 heteroatoms.